The van der Waals surface area contributed by atoms with Crippen molar-refractivity contribution >= 4 is 16.9 Å². The van der Waals surface area contributed by atoms with Crippen molar-refractivity contribution in [2.45, 2.75) is 69.9 Å². The summed E-state index contributed by atoms with van der Waals surface area (Å²) in [5.74, 6) is 1.75. The molecule has 1 aromatic heterocycles. The number of nitrogens with zero attached hydrogens (tertiary/aromatic N) is 2. The summed E-state index contributed by atoms with van der Waals surface area (Å²) in [6.07, 6.45) is 10.4. The molecule has 2 aromatic rings. The van der Waals surface area contributed by atoms with E-state index < -0.39 is 0 Å². The number of hydrogen-bond acceptors (Lipinski definition) is 4. The van der Waals surface area contributed by atoms with Crippen molar-refractivity contribution in [2.75, 3.05) is 6.54 Å². The molecule has 3 atom stereocenters. The van der Waals surface area contributed by atoms with Crippen molar-refractivity contribution in [2.24, 2.45) is 13.0 Å². The van der Waals surface area contributed by atoms with E-state index in [9.17, 15) is 4.79 Å². The molecule has 0 bridgehead atoms. The number of hydrazine groups is 1. The van der Waals surface area contributed by atoms with Gasteiger partial charge in [-0.05, 0) is 37.8 Å². The van der Waals surface area contributed by atoms with Crippen LogP contribution >= 0.6 is 0 Å². The number of aromatic nitrogens is 2. The summed E-state index contributed by atoms with van der Waals surface area (Å²) < 4.78 is 2.19. The molecule has 3 unspecified atom stereocenters. The lowest BCUT2D eigenvalue weighted by atomic mass is 9.90. The number of amides is 1. The van der Waals surface area contributed by atoms with E-state index >= 15 is 0 Å². The van der Waals surface area contributed by atoms with Crippen LogP contribution in [0, 0.1) is 5.92 Å². The second-order valence-electron chi connectivity index (χ2n) is 8.35. The second-order valence-corrected chi connectivity index (χ2v) is 8.35. The molecular weight excluding hydrogens is 350 g/mol. The van der Waals surface area contributed by atoms with Crippen LogP contribution in [0.15, 0.2) is 24.3 Å². The van der Waals surface area contributed by atoms with E-state index in [1.165, 1.54) is 31.2 Å². The van der Waals surface area contributed by atoms with E-state index in [1.54, 1.807) is 0 Å². The predicted octanol–water partition coefficient (Wildman–Crippen LogP) is 2.83. The molecule has 2 fully saturated rings. The number of rotatable bonds is 7. The van der Waals surface area contributed by atoms with Gasteiger partial charge in [0.1, 0.15) is 11.9 Å². The minimum atomic E-state index is -0.0666. The Bertz CT molecular complexity index is 801. The molecule has 152 valence electrons. The number of carbonyl (C=O) groups is 1. The highest BCUT2D eigenvalue weighted by Gasteiger charge is 2.39. The molecule has 3 N–H and O–H groups in total. The van der Waals surface area contributed by atoms with E-state index in [2.05, 4.69) is 46.0 Å². The number of hydrogen-bond donors (Lipinski definition) is 3. The first-order valence-electron chi connectivity index (χ1n) is 10.9. The summed E-state index contributed by atoms with van der Waals surface area (Å²) in [6, 6.07) is 8.68. The van der Waals surface area contributed by atoms with Crippen LogP contribution in [0.5, 0.6) is 0 Å². The van der Waals surface area contributed by atoms with Gasteiger partial charge in [-0.25, -0.2) is 10.4 Å². The Balaban J connectivity index is 1.17. The largest absolute Gasteiger partial charge is 0.355 e. The van der Waals surface area contributed by atoms with Gasteiger partial charge in [0.2, 0.25) is 5.91 Å². The summed E-state index contributed by atoms with van der Waals surface area (Å²) in [5.41, 5.74) is 8.86. The van der Waals surface area contributed by atoms with Crippen LogP contribution in [0.3, 0.4) is 0 Å². The topological polar surface area (TPSA) is 71.0 Å². The smallest absolute Gasteiger partial charge is 0.238 e. The maximum Gasteiger partial charge on any atom is 0.238 e. The molecule has 6 nitrogen and oxygen atoms in total. The second kappa shape index (κ2) is 9.05. The number of imidazole rings is 1. The Kier molecular flexibility index (Phi) is 6.27. The molecule has 1 saturated heterocycles. The highest BCUT2D eigenvalue weighted by molar-refractivity contribution is 5.82. The Morgan fingerprint density at radius 2 is 2.00 bits per heavy atom. The van der Waals surface area contributed by atoms with Gasteiger partial charge in [-0.1, -0.05) is 37.8 Å². The zero-order chi connectivity index (χ0) is 19.3. The summed E-state index contributed by atoms with van der Waals surface area (Å²) >= 11 is 0. The van der Waals surface area contributed by atoms with E-state index in [4.69, 9.17) is 4.98 Å². The Labute approximate surface area is 167 Å². The highest BCUT2D eigenvalue weighted by Crippen LogP contribution is 2.29. The molecule has 2 heterocycles. The summed E-state index contributed by atoms with van der Waals surface area (Å²) in [6.45, 7) is 0.761. The maximum absolute atomic E-state index is 12.6. The molecular formula is C22H33N5O. The summed E-state index contributed by atoms with van der Waals surface area (Å²) in [5, 5.41) is 3.15. The standard InChI is InChI=1S/C22H33N5O/c1-27-19-13-8-7-12-18(19)24-20(27)14-6-3-9-15-23-22(28)21-16-10-4-2-5-11-17(16)25-26-21/h7-8,12-13,16-17,21,25-26H,2-6,9-11,14-15H2,1H3,(H,23,28). The van der Waals surface area contributed by atoms with Crippen LogP contribution in [0.25, 0.3) is 11.0 Å². The quantitative estimate of drug-likeness (QED) is 0.643. The lowest BCUT2D eigenvalue weighted by molar-refractivity contribution is -0.123. The Hall–Kier alpha value is -1.92. The van der Waals surface area contributed by atoms with Gasteiger partial charge in [-0.2, -0.15) is 0 Å². The summed E-state index contributed by atoms with van der Waals surface area (Å²) in [7, 11) is 2.09. The third kappa shape index (κ3) is 4.23. The maximum atomic E-state index is 12.6. The minimum Gasteiger partial charge on any atom is -0.355 e. The van der Waals surface area contributed by atoms with Crippen LogP contribution in [0.4, 0.5) is 0 Å². The zero-order valence-corrected chi connectivity index (χ0v) is 16.9. The first-order chi connectivity index (χ1) is 13.7. The Morgan fingerprint density at radius 3 is 2.89 bits per heavy atom. The zero-order valence-electron chi connectivity index (χ0n) is 16.9. The van der Waals surface area contributed by atoms with Crippen LogP contribution in [-0.2, 0) is 18.3 Å². The van der Waals surface area contributed by atoms with Gasteiger partial charge in [0.25, 0.3) is 0 Å². The van der Waals surface area contributed by atoms with E-state index in [1.807, 2.05) is 6.07 Å². The average Bonchev–Trinajstić information content (AvgIpc) is 3.16. The van der Waals surface area contributed by atoms with Crippen molar-refractivity contribution in [1.29, 1.82) is 0 Å². The number of para-hydroxylation sites is 2. The monoisotopic (exact) mass is 383 g/mol. The normalized spacial score (nSPS) is 24.8. The predicted molar refractivity (Wildman–Crippen MR) is 112 cm³/mol. The van der Waals surface area contributed by atoms with Gasteiger partial charge in [0, 0.05) is 32.0 Å². The first kappa shape index (κ1) is 19.4. The van der Waals surface area contributed by atoms with Crippen LogP contribution in [0.2, 0.25) is 0 Å². The fourth-order valence-corrected chi connectivity index (χ4v) is 4.80. The third-order valence-corrected chi connectivity index (χ3v) is 6.46. The molecule has 1 aromatic carbocycles. The number of aryl methyl sites for hydroxylation is 2. The van der Waals surface area contributed by atoms with Gasteiger partial charge in [-0.3, -0.25) is 10.2 Å². The number of unbranched alkanes of at least 4 members (excludes halogenated alkanes) is 2. The van der Waals surface area contributed by atoms with E-state index in [-0.39, 0.29) is 11.9 Å². The third-order valence-electron chi connectivity index (χ3n) is 6.46. The van der Waals surface area contributed by atoms with Crippen molar-refractivity contribution < 1.29 is 4.79 Å². The van der Waals surface area contributed by atoms with Crippen molar-refractivity contribution in [3.63, 3.8) is 0 Å². The van der Waals surface area contributed by atoms with Crippen molar-refractivity contribution in [3.8, 4) is 0 Å². The SMILES string of the molecule is Cn1c(CCCCCNC(=O)C2NNC3CCCCCC32)nc2ccccc21. The molecule has 6 heteroatoms. The van der Waals surface area contributed by atoms with Crippen LogP contribution in [0.1, 0.15) is 57.2 Å². The average molecular weight is 384 g/mol. The molecule has 0 spiro atoms. The van der Waals surface area contributed by atoms with Gasteiger partial charge < -0.3 is 9.88 Å². The molecule has 2 aliphatic rings. The molecule has 1 amide bonds. The Morgan fingerprint density at radius 1 is 1.14 bits per heavy atom. The van der Waals surface area contributed by atoms with E-state index in [0.29, 0.717) is 12.0 Å². The molecule has 0 radical (unpaired) electrons. The lowest BCUT2D eigenvalue weighted by Gasteiger charge is -2.20. The van der Waals surface area contributed by atoms with Gasteiger partial charge in [0.15, 0.2) is 0 Å². The van der Waals surface area contributed by atoms with Crippen molar-refractivity contribution in [1.82, 2.24) is 25.7 Å². The van der Waals surface area contributed by atoms with Gasteiger partial charge >= 0.3 is 0 Å². The molecule has 1 aliphatic carbocycles. The van der Waals surface area contributed by atoms with E-state index in [0.717, 1.165) is 50.0 Å². The summed E-state index contributed by atoms with van der Waals surface area (Å²) in [4.78, 5) is 17.3. The van der Waals surface area contributed by atoms with Crippen LogP contribution in [-0.4, -0.2) is 34.1 Å². The van der Waals surface area contributed by atoms with Crippen LogP contribution < -0.4 is 16.2 Å². The van der Waals surface area contributed by atoms with Crippen molar-refractivity contribution in [3.05, 3.63) is 30.1 Å². The highest BCUT2D eigenvalue weighted by atomic mass is 16.2. The fraction of sp³-hybridized carbons (Fsp3) is 0.636. The molecule has 1 aliphatic heterocycles. The van der Waals surface area contributed by atoms with Gasteiger partial charge in [-0.15, -0.1) is 0 Å². The number of fused-ring (bicyclic) bond motifs is 2. The van der Waals surface area contributed by atoms with Gasteiger partial charge in [0.05, 0.1) is 11.0 Å². The molecule has 1 saturated carbocycles. The lowest BCUT2D eigenvalue weighted by Crippen LogP contribution is -2.45. The molecule has 4 rings (SSSR count). The number of benzene rings is 1. The molecule has 28 heavy (non-hydrogen) atoms. The fourth-order valence-electron chi connectivity index (χ4n) is 4.80. The minimum absolute atomic E-state index is 0.0666. The number of carbonyl (C=O) groups excluding carboxylic acids is 1. The number of nitrogens with one attached hydrogen (secondary N) is 3. The first-order valence-corrected chi connectivity index (χ1v) is 10.9.